The van der Waals surface area contributed by atoms with Crippen molar-refractivity contribution >= 4 is 5.69 Å². The maximum atomic E-state index is 11.0. The van der Waals surface area contributed by atoms with Gasteiger partial charge in [-0.25, -0.2) is 0 Å². The number of aromatic nitrogens is 2. The fourth-order valence-corrected chi connectivity index (χ4v) is 2.02. The Labute approximate surface area is 88.5 Å². The van der Waals surface area contributed by atoms with Crippen LogP contribution in [0.3, 0.4) is 0 Å². The van der Waals surface area contributed by atoms with Gasteiger partial charge < -0.3 is 15.2 Å². The van der Waals surface area contributed by atoms with E-state index in [2.05, 4.69) is 16.9 Å². The van der Waals surface area contributed by atoms with Crippen LogP contribution >= 0.6 is 0 Å². The Balaban J connectivity index is 2.10. The second kappa shape index (κ2) is 4.02. The van der Waals surface area contributed by atoms with Crippen molar-refractivity contribution in [3.8, 4) is 0 Å². The smallest absolute Gasteiger partial charge is 0.295 e. The number of nitrogens with two attached hydrogens (primary N) is 1. The third-order valence-electron chi connectivity index (χ3n) is 2.97. The van der Waals surface area contributed by atoms with Crippen LogP contribution in [-0.2, 0) is 6.54 Å². The first-order valence-electron chi connectivity index (χ1n) is 5.18. The largest absolute Gasteiger partial charge is 0.393 e. The van der Waals surface area contributed by atoms with Crippen LogP contribution in [-0.4, -0.2) is 34.1 Å². The quantitative estimate of drug-likeness (QED) is 0.738. The van der Waals surface area contributed by atoms with Crippen LogP contribution in [0, 0.1) is 0 Å². The highest BCUT2D eigenvalue weighted by atomic mass is 16.1. The molecule has 0 aromatic carbocycles. The van der Waals surface area contributed by atoms with Gasteiger partial charge in [-0.2, -0.15) is 4.98 Å². The molecule has 1 atom stereocenters. The monoisotopic (exact) mass is 208 g/mol. The lowest BCUT2D eigenvalue weighted by atomic mass is 10.2. The Morgan fingerprint density at radius 1 is 1.67 bits per heavy atom. The van der Waals surface area contributed by atoms with Crippen LogP contribution in [0.15, 0.2) is 17.3 Å². The molecule has 1 aromatic rings. The molecule has 15 heavy (non-hydrogen) atoms. The van der Waals surface area contributed by atoms with E-state index in [4.69, 9.17) is 5.73 Å². The summed E-state index contributed by atoms with van der Waals surface area (Å²) in [6.07, 6.45) is 5.67. The molecule has 0 radical (unpaired) electrons. The summed E-state index contributed by atoms with van der Waals surface area (Å²) in [6, 6.07) is 0.536. The number of anilines is 1. The Kier molecular flexibility index (Phi) is 2.73. The van der Waals surface area contributed by atoms with Gasteiger partial charge in [0.1, 0.15) is 5.69 Å². The minimum Gasteiger partial charge on any atom is -0.393 e. The van der Waals surface area contributed by atoms with Gasteiger partial charge in [0.2, 0.25) is 0 Å². The standard InChI is InChI=1S/C10H16N4O/c1-13-4-2-3-8(13)5-14-6-9(11)10(15)12-7-14/h6-8H,2-5,11H2,1H3. The van der Waals surface area contributed by atoms with Crippen molar-refractivity contribution in [1.29, 1.82) is 0 Å². The van der Waals surface area contributed by atoms with Crippen molar-refractivity contribution in [2.24, 2.45) is 0 Å². The Bertz CT molecular complexity index is 401. The van der Waals surface area contributed by atoms with E-state index < -0.39 is 0 Å². The molecule has 0 saturated carbocycles. The van der Waals surface area contributed by atoms with E-state index in [1.54, 1.807) is 12.5 Å². The van der Waals surface area contributed by atoms with Crippen LogP contribution in [0.2, 0.25) is 0 Å². The molecule has 1 aliphatic heterocycles. The van der Waals surface area contributed by atoms with Gasteiger partial charge in [0.25, 0.3) is 5.56 Å². The zero-order valence-corrected chi connectivity index (χ0v) is 8.89. The highest BCUT2D eigenvalue weighted by Crippen LogP contribution is 2.16. The molecule has 0 bridgehead atoms. The number of nitrogens with zero attached hydrogens (tertiary/aromatic N) is 3. The van der Waals surface area contributed by atoms with E-state index in [9.17, 15) is 4.79 Å². The first-order valence-corrected chi connectivity index (χ1v) is 5.18. The van der Waals surface area contributed by atoms with Gasteiger partial charge in [0, 0.05) is 18.8 Å². The molecule has 1 unspecified atom stereocenters. The second-order valence-electron chi connectivity index (χ2n) is 4.11. The van der Waals surface area contributed by atoms with E-state index in [1.165, 1.54) is 12.8 Å². The third kappa shape index (κ3) is 2.18. The summed E-state index contributed by atoms with van der Waals surface area (Å²) in [4.78, 5) is 17.1. The van der Waals surface area contributed by atoms with E-state index in [-0.39, 0.29) is 11.2 Å². The van der Waals surface area contributed by atoms with Crippen molar-refractivity contribution in [3.63, 3.8) is 0 Å². The maximum absolute atomic E-state index is 11.0. The van der Waals surface area contributed by atoms with E-state index >= 15 is 0 Å². The van der Waals surface area contributed by atoms with Crippen molar-refractivity contribution in [2.45, 2.75) is 25.4 Å². The fraction of sp³-hybridized carbons (Fsp3) is 0.600. The number of hydrogen-bond donors (Lipinski definition) is 1. The molecule has 1 aliphatic rings. The number of nitrogen functional groups attached to an aromatic ring is 1. The number of likely N-dealkylation sites (N-methyl/N-ethyl adjacent to an activating group) is 1. The van der Waals surface area contributed by atoms with E-state index in [0.29, 0.717) is 6.04 Å². The molecule has 0 spiro atoms. The zero-order chi connectivity index (χ0) is 10.8. The van der Waals surface area contributed by atoms with Crippen LogP contribution in [0.25, 0.3) is 0 Å². The summed E-state index contributed by atoms with van der Waals surface area (Å²) in [5.41, 5.74) is 5.40. The van der Waals surface area contributed by atoms with Gasteiger partial charge in [-0.15, -0.1) is 0 Å². The van der Waals surface area contributed by atoms with Gasteiger partial charge in [-0.05, 0) is 26.4 Å². The minimum atomic E-state index is -0.342. The molecule has 5 heteroatoms. The van der Waals surface area contributed by atoms with Crippen molar-refractivity contribution in [3.05, 3.63) is 22.9 Å². The third-order valence-corrected chi connectivity index (χ3v) is 2.97. The Morgan fingerprint density at radius 2 is 2.47 bits per heavy atom. The average Bonchev–Trinajstić information content (AvgIpc) is 2.59. The molecule has 0 amide bonds. The SMILES string of the molecule is CN1CCCC1Cn1cnc(=O)c(N)c1. The predicted molar refractivity (Wildman–Crippen MR) is 58.6 cm³/mol. The van der Waals surface area contributed by atoms with Crippen molar-refractivity contribution in [2.75, 3.05) is 19.3 Å². The Hall–Kier alpha value is -1.36. The lowest BCUT2D eigenvalue weighted by molar-refractivity contribution is 0.281. The van der Waals surface area contributed by atoms with E-state index in [0.717, 1.165) is 13.1 Å². The molecule has 2 heterocycles. The zero-order valence-electron chi connectivity index (χ0n) is 8.89. The average molecular weight is 208 g/mol. The van der Waals surface area contributed by atoms with Crippen LogP contribution < -0.4 is 11.3 Å². The molecule has 1 fully saturated rings. The minimum absolute atomic E-state index is 0.221. The number of hydrogen-bond acceptors (Lipinski definition) is 4. The summed E-state index contributed by atoms with van der Waals surface area (Å²) >= 11 is 0. The van der Waals surface area contributed by atoms with Crippen LogP contribution in [0.5, 0.6) is 0 Å². The molecular weight excluding hydrogens is 192 g/mol. The summed E-state index contributed by atoms with van der Waals surface area (Å²) in [6.45, 7) is 2.00. The fourth-order valence-electron chi connectivity index (χ4n) is 2.02. The Morgan fingerprint density at radius 3 is 3.07 bits per heavy atom. The first-order chi connectivity index (χ1) is 7.16. The molecule has 1 saturated heterocycles. The molecule has 1 aromatic heterocycles. The van der Waals surface area contributed by atoms with Crippen LogP contribution in [0.4, 0.5) is 5.69 Å². The van der Waals surface area contributed by atoms with Gasteiger partial charge in [0.15, 0.2) is 0 Å². The predicted octanol–water partition coefficient (Wildman–Crippen LogP) is -0.0803. The van der Waals surface area contributed by atoms with Gasteiger partial charge in [-0.3, -0.25) is 4.79 Å². The highest BCUT2D eigenvalue weighted by Gasteiger charge is 2.20. The maximum Gasteiger partial charge on any atom is 0.295 e. The number of likely N-dealkylation sites (tertiary alicyclic amines) is 1. The van der Waals surface area contributed by atoms with Gasteiger partial charge in [-0.1, -0.05) is 0 Å². The highest BCUT2D eigenvalue weighted by molar-refractivity contribution is 5.30. The second-order valence-corrected chi connectivity index (χ2v) is 4.11. The topological polar surface area (TPSA) is 64.2 Å². The van der Waals surface area contributed by atoms with E-state index in [1.807, 2.05) is 4.57 Å². The van der Waals surface area contributed by atoms with Crippen molar-refractivity contribution < 1.29 is 0 Å². The molecule has 5 nitrogen and oxygen atoms in total. The summed E-state index contributed by atoms with van der Waals surface area (Å²) in [5.74, 6) is 0. The molecule has 2 rings (SSSR count). The summed E-state index contributed by atoms with van der Waals surface area (Å²) < 4.78 is 1.89. The van der Waals surface area contributed by atoms with Crippen molar-refractivity contribution in [1.82, 2.24) is 14.5 Å². The normalized spacial score (nSPS) is 22.1. The van der Waals surface area contributed by atoms with Gasteiger partial charge >= 0.3 is 0 Å². The molecular formula is C10H16N4O. The van der Waals surface area contributed by atoms with Crippen LogP contribution in [0.1, 0.15) is 12.8 Å². The lowest BCUT2D eigenvalue weighted by Crippen LogP contribution is -2.30. The summed E-state index contributed by atoms with van der Waals surface area (Å²) in [7, 11) is 2.12. The molecule has 2 N–H and O–H groups in total. The lowest BCUT2D eigenvalue weighted by Gasteiger charge is -2.20. The molecule has 82 valence electrons. The van der Waals surface area contributed by atoms with Gasteiger partial charge in [0.05, 0.1) is 6.33 Å². The first kappa shape index (κ1) is 10.2. The number of rotatable bonds is 2. The summed E-state index contributed by atoms with van der Waals surface area (Å²) in [5, 5.41) is 0. The molecule has 0 aliphatic carbocycles.